The second-order valence-corrected chi connectivity index (χ2v) is 5.67. The van der Waals surface area contributed by atoms with Crippen molar-refractivity contribution in [3.05, 3.63) is 40.6 Å². The lowest BCUT2D eigenvalue weighted by Crippen LogP contribution is -1.84. The minimum Gasteiger partial charge on any atom is -0.375 e. The first kappa shape index (κ1) is 11.4. The van der Waals surface area contributed by atoms with Crippen LogP contribution in [0.15, 0.2) is 35.0 Å². The summed E-state index contributed by atoms with van der Waals surface area (Å²) < 4.78 is 0. The fourth-order valence-electron chi connectivity index (χ4n) is 1.73. The number of aromatic nitrogens is 2. The number of rotatable bonds is 2. The lowest BCUT2D eigenvalue weighted by atomic mass is 10.1. The first-order valence-electron chi connectivity index (χ1n) is 5.47. The molecule has 0 spiro atoms. The molecule has 3 aromatic rings. The molecule has 0 bridgehead atoms. The molecule has 0 unspecified atom stereocenters. The van der Waals surface area contributed by atoms with Crippen molar-refractivity contribution in [2.45, 2.75) is 6.92 Å². The van der Waals surface area contributed by atoms with Gasteiger partial charge in [-0.25, -0.2) is 9.97 Å². The predicted molar refractivity (Wildman–Crippen MR) is 77.8 cm³/mol. The van der Waals surface area contributed by atoms with Gasteiger partial charge in [-0.05, 0) is 12.5 Å². The molecule has 3 rings (SSSR count). The van der Waals surface area contributed by atoms with Crippen LogP contribution < -0.4 is 5.73 Å². The quantitative estimate of drug-likeness (QED) is 0.772. The molecule has 0 aliphatic rings. The lowest BCUT2D eigenvalue weighted by molar-refractivity contribution is 1.32. The van der Waals surface area contributed by atoms with Gasteiger partial charge in [0.2, 0.25) is 0 Å². The molecule has 18 heavy (non-hydrogen) atoms. The summed E-state index contributed by atoms with van der Waals surface area (Å²) in [5, 5.41) is 5.56. The van der Waals surface area contributed by atoms with Gasteiger partial charge in [0, 0.05) is 16.3 Å². The fourth-order valence-corrected chi connectivity index (χ4v) is 3.19. The zero-order chi connectivity index (χ0) is 12.5. The smallest absolute Gasteiger partial charge is 0.180 e. The van der Waals surface area contributed by atoms with Crippen LogP contribution in [0.5, 0.6) is 0 Å². The largest absolute Gasteiger partial charge is 0.375 e. The van der Waals surface area contributed by atoms with E-state index in [9.17, 15) is 0 Å². The number of thiazole rings is 2. The van der Waals surface area contributed by atoms with E-state index in [1.807, 2.05) is 22.9 Å². The first-order valence-corrected chi connectivity index (χ1v) is 7.23. The number of aryl methyl sites for hydroxylation is 1. The van der Waals surface area contributed by atoms with Crippen molar-refractivity contribution >= 4 is 27.8 Å². The van der Waals surface area contributed by atoms with Crippen molar-refractivity contribution in [3.63, 3.8) is 0 Å². The first-order chi connectivity index (χ1) is 8.74. The average Bonchev–Trinajstić information content (AvgIpc) is 2.98. The highest BCUT2D eigenvalue weighted by molar-refractivity contribution is 7.14. The Hall–Kier alpha value is -1.72. The summed E-state index contributed by atoms with van der Waals surface area (Å²) in [4.78, 5) is 8.88. The van der Waals surface area contributed by atoms with Crippen molar-refractivity contribution in [3.8, 4) is 22.0 Å². The second-order valence-electron chi connectivity index (χ2n) is 3.92. The summed E-state index contributed by atoms with van der Waals surface area (Å²) in [5.41, 5.74) is 9.80. The van der Waals surface area contributed by atoms with Crippen LogP contribution in [0.4, 0.5) is 5.13 Å². The molecular formula is C13H11N3S2. The van der Waals surface area contributed by atoms with Crippen LogP contribution in [0, 0.1) is 6.92 Å². The van der Waals surface area contributed by atoms with Gasteiger partial charge in [0.05, 0.1) is 0 Å². The van der Waals surface area contributed by atoms with Gasteiger partial charge >= 0.3 is 0 Å². The third-order valence-corrected chi connectivity index (χ3v) is 4.21. The molecule has 3 nitrogen and oxygen atoms in total. The van der Waals surface area contributed by atoms with Crippen LogP contribution in [-0.2, 0) is 0 Å². The minimum atomic E-state index is 0.579. The molecular weight excluding hydrogens is 262 g/mol. The maximum atomic E-state index is 5.64. The zero-order valence-corrected chi connectivity index (χ0v) is 11.4. The van der Waals surface area contributed by atoms with E-state index in [1.54, 1.807) is 11.3 Å². The van der Waals surface area contributed by atoms with Crippen LogP contribution >= 0.6 is 22.7 Å². The summed E-state index contributed by atoms with van der Waals surface area (Å²) in [6.07, 6.45) is 0. The Balaban J connectivity index is 2.02. The number of nitrogen functional groups attached to an aromatic ring is 1. The SMILES string of the molecule is Cc1ccccc1-c1nc(-c2csc(N)n2)cs1. The van der Waals surface area contributed by atoms with E-state index in [0.29, 0.717) is 5.13 Å². The highest BCUT2D eigenvalue weighted by Crippen LogP contribution is 2.31. The van der Waals surface area contributed by atoms with Crippen LogP contribution in [0.2, 0.25) is 0 Å². The van der Waals surface area contributed by atoms with Gasteiger partial charge in [0.1, 0.15) is 16.4 Å². The average molecular weight is 273 g/mol. The molecule has 0 saturated carbocycles. The van der Waals surface area contributed by atoms with Crippen LogP contribution in [0.1, 0.15) is 5.56 Å². The molecule has 0 aliphatic heterocycles. The third kappa shape index (κ3) is 2.02. The summed E-state index contributed by atoms with van der Waals surface area (Å²) in [6, 6.07) is 8.25. The van der Waals surface area contributed by atoms with E-state index in [4.69, 9.17) is 5.73 Å². The van der Waals surface area contributed by atoms with E-state index in [0.717, 1.165) is 16.4 Å². The van der Waals surface area contributed by atoms with Crippen molar-refractivity contribution in [1.29, 1.82) is 0 Å². The summed E-state index contributed by atoms with van der Waals surface area (Å²) in [6.45, 7) is 2.09. The molecule has 1 aromatic carbocycles. The normalized spacial score (nSPS) is 10.7. The van der Waals surface area contributed by atoms with Crippen LogP contribution in [0.25, 0.3) is 22.0 Å². The fraction of sp³-hybridized carbons (Fsp3) is 0.0769. The van der Waals surface area contributed by atoms with E-state index >= 15 is 0 Å². The predicted octanol–water partition coefficient (Wildman–Crippen LogP) is 3.82. The van der Waals surface area contributed by atoms with Crippen LogP contribution in [-0.4, -0.2) is 9.97 Å². The van der Waals surface area contributed by atoms with E-state index in [2.05, 4.69) is 29.0 Å². The number of benzene rings is 1. The Labute approximate surface area is 113 Å². The molecule has 0 fully saturated rings. The molecule has 0 amide bonds. The number of nitrogens with two attached hydrogens (primary N) is 1. The lowest BCUT2D eigenvalue weighted by Gasteiger charge is -1.99. The number of anilines is 1. The van der Waals surface area contributed by atoms with E-state index < -0.39 is 0 Å². The second kappa shape index (κ2) is 4.51. The summed E-state index contributed by atoms with van der Waals surface area (Å²) in [7, 11) is 0. The number of nitrogens with zero attached hydrogens (tertiary/aromatic N) is 2. The third-order valence-electron chi connectivity index (χ3n) is 2.66. The molecule has 0 radical (unpaired) electrons. The van der Waals surface area contributed by atoms with Gasteiger partial charge in [-0.2, -0.15) is 0 Å². The monoisotopic (exact) mass is 273 g/mol. The van der Waals surface area contributed by atoms with Gasteiger partial charge in [-0.1, -0.05) is 24.3 Å². The molecule has 0 atom stereocenters. The van der Waals surface area contributed by atoms with E-state index in [1.165, 1.54) is 22.5 Å². The Morgan fingerprint density at radius 2 is 1.72 bits per heavy atom. The Morgan fingerprint density at radius 3 is 2.44 bits per heavy atom. The molecule has 5 heteroatoms. The molecule has 90 valence electrons. The van der Waals surface area contributed by atoms with Crippen molar-refractivity contribution < 1.29 is 0 Å². The molecule has 0 saturated heterocycles. The maximum Gasteiger partial charge on any atom is 0.180 e. The molecule has 2 N–H and O–H groups in total. The number of hydrogen-bond donors (Lipinski definition) is 1. The maximum absolute atomic E-state index is 5.64. The Bertz CT molecular complexity index is 685. The Kier molecular flexibility index (Phi) is 2.85. The highest BCUT2D eigenvalue weighted by atomic mass is 32.1. The highest BCUT2D eigenvalue weighted by Gasteiger charge is 2.10. The van der Waals surface area contributed by atoms with Crippen LogP contribution in [0.3, 0.4) is 0 Å². The van der Waals surface area contributed by atoms with Crippen molar-refractivity contribution in [2.24, 2.45) is 0 Å². The molecule has 0 aliphatic carbocycles. The van der Waals surface area contributed by atoms with Gasteiger partial charge in [0.25, 0.3) is 0 Å². The van der Waals surface area contributed by atoms with E-state index in [-0.39, 0.29) is 0 Å². The zero-order valence-electron chi connectivity index (χ0n) is 9.75. The topological polar surface area (TPSA) is 51.8 Å². The van der Waals surface area contributed by atoms with Crippen molar-refractivity contribution in [2.75, 3.05) is 5.73 Å². The molecule has 2 aromatic heterocycles. The Morgan fingerprint density at radius 1 is 1.00 bits per heavy atom. The van der Waals surface area contributed by atoms with Gasteiger partial charge < -0.3 is 5.73 Å². The minimum absolute atomic E-state index is 0.579. The van der Waals surface area contributed by atoms with Crippen molar-refractivity contribution in [1.82, 2.24) is 9.97 Å². The summed E-state index contributed by atoms with van der Waals surface area (Å²) in [5.74, 6) is 0. The summed E-state index contributed by atoms with van der Waals surface area (Å²) >= 11 is 3.07. The van der Waals surface area contributed by atoms with Gasteiger partial charge in [-0.3, -0.25) is 0 Å². The molecule has 2 heterocycles. The van der Waals surface area contributed by atoms with Gasteiger partial charge in [-0.15, -0.1) is 22.7 Å². The van der Waals surface area contributed by atoms with Gasteiger partial charge in [0.15, 0.2) is 5.13 Å². The number of hydrogen-bond acceptors (Lipinski definition) is 5. The standard InChI is InChI=1S/C13H11N3S2/c1-8-4-2-3-5-9(8)12-15-10(6-17-12)11-7-18-13(14)16-11/h2-7H,1H3,(H2,14,16).